The molecule has 2 rings (SSSR count). The van der Waals surface area contributed by atoms with E-state index in [4.69, 9.17) is 0 Å². The van der Waals surface area contributed by atoms with Crippen molar-refractivity contribution in [2.45, 2.75) is 23.0 Å². The van der Waals surface area contributed by atoms with Crippen LogP contribution in [0.2, 0.25) is 0 Å². The van der Waals surface area contributed by atoms with Crippen LogP contribution >= 0.6 is 27.7 Å². The molecule has 1 aromatic carbocycles. The number of rotatable bonds is 4. The highest BCUT2D eigenvalue weighted by Crippen LogP contribution is 2.31. The van der Waals surface area contributed by atoms with E-state index in [-0.39, 0.29) is 11.7 Å². The molecule has 1 unspecified atom stereocenters. The maximum atomic E-state index is 11.3. The number of aromatic nitrogens is 3. The molecule has 102 valence electrons. The second kappa shape index (κ2) is 5.94. The van der Waals surface area contributed by atoms with Crippen LogP contribution in [0.4, 0.5) is 0 Å². The van der Waals surface area contributed by atoms with Crippen LogP contribution in [-0.2, 0) is 7.05 Å². The molecule has 0 saturated heterocycles. The lowest BCUT2D eigenvalue weighted by molar-refractivity contribution is 0.649. The summed E-state index contributed by atoms with van der Waals surface area (Å²) in [5, 5.41) is 10.2. The first-order valence-electron chi connectivity index (χ1n) is 5.79. The van der Waals surface area contributed by atoms with Crippen LogP contribution in [0.3, 0.4) is 0 Å². The molecule has 1 atom stereocenters. The smallest absolute Gasteiger partial charge is 0.313 e. The summed E-state index contributed by atoms with van der Waals surface area (Å²) >= 11 is 5.02. The van der Waals surface area contributed by atoms with Crippen molar-refractivity contribution in [3.05, 3.63) is 38.7 Å². The summed E-state index contributed by atoms with van der Waals surface area (Å²) in [4.78, 5) is 12.3. The molecular formula is C12H15BrN4OS. The Morgan fingerprint density at radius 3 is 2.79 bits per heavy atom. The normalized spacial score (nSPS) is 12.6. The van der Waals surface area contributed by atoms with Crippen molar-refractivity contribution in [1.29, 1.82) is 0 Å². The molecule has 0 bridgehead atoms. The van der Waals surface area contributed by atoms with E-state index in [0.717, 1.165) is 9.37 Å². The van der Waals surface area contributed by atoms with E-state index in [1.165, 1.54) is 21.9 Å². The zero-order chi connectivity index (χ0) is 14.0. The molecular weight excluding hydrogens is 328 g/mol. The predicted octanol–water partition coefficient (Wildman–Crippen LogP) is 2.30. The lowest BCUT2D eigenvalue weighted by atomic mass is 10.1. The summed E-state index contributed by atoms with van der Waals surface area (Å²) in [6.07, 6.45) is 0. The van der Waals surface area contributed by atoms with Crippen LogP contribution in [-0.4, -0.2) is 21.8 Å². The highest BCUT2D eigenvalue weighted by atomic mass is 79.9. The minimum atomic E-state index is -0.206. The van der Waals surface area contributed by atoms with Crippen LogP contribution in [0.25, 0.3) is 0 Å². The summed E-state index contributed by atoms with van der Waals surface area (Å²) in [6, 6.07) is 6.41. The second-order valence-corrected chi connectivity index (χ2v) is 6.06. The van der Waals surface area contributed by atoms with E-state index < -0.39 is 0 Å². The Balaban J connectivity index is 2.25. The monoisotopic (exact) mass is 342 g/mol. The van der Waals surface area contributed by atoms with Gasteiger partial charge in [0.1, 0.15) is 0 Å². The number of hydrogen-bond donors (Lipinski definition) is 2. The second-order valence-electron chi connectivity index (χ2n) is 4.17. The molecule has 2 N–H and O–H groups in total. The molecule has 0 aliphatic heterocycles. The highest BCUT2D eigenvalue weighted by Gasteiger charge is 2.10. The molecule has 5 nitrogen and oxygen atoms in total. The van der Waals surface area contributed by atoms with Crippen molar-refractivity contribution in [2.24, 2.45) is 7.05 Å². The van der Waals surface area contributed by atoms with Crippen LogP contribution in [0.5, 0.6) is 0 Å². The van der Waals surface area contributed by atoms with Crippen LogP contribution in [0.15, 0.2) is 37.5 Å². The maximum absolute atomic E-state index is 11.3. The third-order valence-electron chi connectivity index (χ3n) is 2.92. The third kappa shape index (κ3) is 3.10. The molecule has 0 amide bonds. The standard InChI is InChI=1S/C12H15BrN4OS/c1-7(14-2)9-5-4-8(6-10(9)13)19-12-16-15-11(18)17(12)3/h4-7,14H,1-3H3,(H,15,18). The number of halogens is 1. The number of H-pyrrole nitrogens is 1. The number of aromatic amines is 1. The zero-order valence-electron chi connectivity index (χ0n) is 10.9. The quantitative estimate of drug-likeness (QED) is 0.894. The maximum Gasteiger partial charge on any atom is 0.343 e. The molecule has 0 spiro atoms. The molecule has 0 saturated carbocycles. The fourth-order valence-corrected chi connectivity index (χ4v) is 3.32. The van der Waals surface area contributed by atoms with E-state index in [1.54, 1.807) is 7.05 Å². The zero-order valence-corrected chi connectivity index (χ0v) is 13.3. The molecule has 0 aliphatic carbocycles. The average molecular weight is 343 g/mol. The van der Waals surface area contributed by atoms with Crippen LogP contribution < -0.4 is 11.0 Å². The van der Waals surface area contributed by atoms with Gasteiger partial charge >= 0.3 is 5.69 Å². The van der Waals surface area contributed by atoms with Crippen molar-refractivity contribution in [3.8, 4) is 0 Å². The van der Waals surface area contributed by atoms with Gasteiger partial charge in [0.05, 0.1) is 0 Å². The van der Waals surface area contributed by atoms with Gasteiger partial charge < -0.3 is 5.32 Å². The minimum absolute atomic E-state index is 0.206. The summed E-state index contributed by atoms with van der Waals surface area (Å²) < 4.78 is 2.53. The van der Waals surface area contributed by atoms with E-state index in [2.05, 4.69) is 44.4 Å². The van der Waals surface area contributed by atoms with Crippen LogP contribution in [0.1, 0.15) is 18.5 Å². The number of benzene rings is 1. The SMILES string of the molecule is CNC(C)c1ccc(Sc2n[nH]c(=O)n2C)cc1Br. The van der Waals surface area contributed by atoms with Crippen molar-refractivity contribution >= 4 is 27.7 Å². The molecule has 1 heterocycles. The molecule has 19 heavy (non-hydrogen) atoms. The van der Waals surface area contributed by atoms with Gasteiger partial charge in [-0.15, -0.1) is 5.10 Å². The number of nitrogens with zero attached hydrogens (tertiary/aromatic N) is 2. The molecule has 0 fully saturated rings. The molecule has 0 radical (unpaired) electrons. The Bertz CT molecular complexity index is 637. The van der Waals surface area contributed by atoms with Gasteiger partial charge in [0.15, 0.2) is 5.16 Å². The summed E-state index contributed by atoms with van der Waals surface area (Å²) in [5.41, 5.74) is 0.991. The molecule has 1 aromatic heterocycles. The van der Waals surface area contributed by atoms with Crippen molar-refractivity contribution in [2.75, 3.05) is 7.05 Å². The van der Waals surface area contributed by atoms with Gasteiger partial charge in [0, 0.05) is 22.5 Å². The highest BCUT2D eigenvalue weighted by molar-refractivity contribution is 9.10. The first-order chi connectivity index (χ1) is 9.02. The van der Waals surface area contributed by atoms with Gasteiger partial charge in [0.2, 0.25) is 0 Å². The van der Waals surface area contributed by atoms with Gasteiger partial charge in [-0.3, -0.25) is 4.57 Å². The van der Waals surface area contributed by atoms with Gasteiger partial charge in [-0.2, -0.15) is 0 Å². The fraction of sp³-hybridized carbons (Fsp3) is 0.333. The van der Waals surface area contributed by atoms with E-state index >= 15 is 0 Å². The van der Waals surface area contributed by atoms with Crippen molar-refractivity contribution in [1.82, 2.24) is 20.1 Å². The first kappa shape index (κ1) is 14.4. The summed E-state index contributed by atoms with van der Waals surface area (Å²) in [6.45, 7) is 2.10. The topological polar surface area (TPSA) is 62.7 Å². The summed E-state index contributed by atoms with van der Waals surface area (Å²) in [5.74, 6) is 0. The van der Waals surface area contributed by atoms with Gasteiger partial charge in [-0.25, -0.2) is 9.89 Å². The van der Waals surface area contributed by atoms with Gasteiger partial charge in [-0.05, 0) is 43.4 Å². The number of hydrogen-bond acceptors (Lipinski definition) is 4. The lowest BCUT2D eigenvalue weighted by Crippen LogP contribution is -2.13. The largest absolute Gasteiger partial charge is 0.343 e. The molecule has 7 heteroatoms. The summed E-state index contributed by atoms with van der Waals surface area (Å²) in [7, 11) is 3.62. The Morgan fingerprint density at radius 2 is 2.26 bits per heavy atom. The Morgan fingerprint density at radius 1 is 1.53 bits per heavy atom. The Hall–Kier alpha value is -1.05. The van der Waals surface area contributed by atoms with Gasteiger partial charge in [-0.1, -0.05) is 22.0 Å². The number of nitrogens with one attached hydrogen (secondary N) is 2. The van der Waals surface area contributed by atoms with E-state index in [1.807, 2.05) is 19.2 Å². The van der Waals surface area contributed by atoms with E-state index in [9.17, 15) is 4.79 Å². The fourth-order valence-electron chi connectivity index (χ4n) is 1.61. The minimum Gasteiger partial charge on any atom is -0.313 e. The molecule has 0 aliphatic rings. The van der Waals surface area contributed by atoms with E-state index in [0.29, 0.717) is 5.16 Å². The first-order valence-corrected chi connectivity index (χ1v) is 7.40. The van der Waals surface area contributed by atoms with Crippen LogP contribution in [0, 0.1) is 0 Å². The third-order valence-corrected chi connectivity index (χ3v) is 4.64. The molecule has 2 aromatic rings. The Kier molecular flexibility index (Phi) is 4.49. The lowest BCUT2D eigenvalue weighted by Gasteiger charge is -2.13. The Labute approximate surface area is 123 Å². The van der Waals surface area contributed by atoms with Gasteiger partial charge in [0.25, 0.3) is 0 Å². The van der Waals surface area contributed by atoms with Crippen molar-refractivity contribution < 1.29 is 0 Å². The van der Waals surface area contributed by atoms with Crippen molar-refractivity contribution in [3.63, 3.8) is 0 Å². The average Bonchev–Trinajstić information content (AvgIpc) is 2.70. The predicted molar refractivity (Wildman–Crippen MR) is 79.6 cm³/mol.